The number of rotatable bonds is 0. The topological polar surface area (TPSA) is 14.1 Å². The van der Waals surface area contributed by atoms with E-state index in [-0.39, 0.29) is 0 Å². The maximum absolute atomic E-state index is 4.00. The van der Waals surface area contributed by atoms with Gasteiger partial charge < -0.3 is 4.98 Å². The summed E-state index contributed by atoms with van der Waals surface area (Å²) in [4.78, 5) is 4.00. The van der Waals surface area contributed by atoms with E-state index in [1.807, 2.05) is 24.5 Å². The van der Waals surface area contributed by atoms with Crippen molar-refractivity contribution < 1.29 is 0 Å². The zero-order chi connectivity index (χ0) is 6.10. The molecule has 9 heavy (non-hydrogen) atoms. The maximum atomic E-state index is 4.00. The summed E-state index contributed by atoms with van der Waals surface area (Å²) < 4.78 is 0. The first-order chi connectivity index (χ1) is 4.47. The Morgan fingerprint density at radius 3 is 2.00 bits per heavy atom. The molecule has 1 aromatic carbocycles. The van der Waals surface area contributed by atoms with Gasteiger partial charge in [0.1, 0.15) is 0 Å². The van der Waals surface area contributed by atoms with Gasteiger partial charge in [-0.05, 0) is 10.8 Å². The second-order valence-corrected chi connectivity index (χ2v) is 2.04. The van der Waals surface area contributed by atoms with Crippen molar-refractivity contribution >= 4 is 10.8 Å². The van der Waals surface area contributed by atoms with Crippen molar-refractivity contribution in [2.24, 2.45) is 0 Å². The summed E-state index contributed by atoms with van der Waals surface area (Å²) in [5.41, 5.74) is 0. The summed E-state index contributed by atoms with van der Waals surface area (Å²) in [5, 5.41) is 2.44. The van der Waals surface area contributed by atoms with Crippen molar-refractivity contribution in [2.45, 2.75) is 0 Å². The van der Waals surface area contributed by atoms with E-state index in [0.717, 1.165) is 0 Å². The predicted molar refractivity (Wildman–Crippen MR) is 37.3 cm³/mol. The summed E-state index contributed by atoms with van der Waals surface area (Å²) in [7, 11) is 0. The third-order valence-corrected chi connectivity index (χ3v) is 1.42. The number of nitrogens with zero attached hydrogens (tertiary/aromatic N) is 1. The van der Waals surface area contributed by atoms with Gasteiger partial charge in [-0.2, -0.15) is 12.4 Å². The van der Waals surface area contributed by atoms with Gasteiger partial charge in [0.25, 0.3) is 0 Å². The molecule has 0 saturated heterocycles. The third-order valence-electron chi connectivity index (χ3n) is 1.42. The number of hydrogen-bond donors (Lipinski definition) is 0. The lowest BCUT2D eigenvalue weighted by Crippen LogP contribution is -1.57. The van der Waals surface area contributed by atoms with Gasteiger partial charge in [0.2, 0.25) is 0 Å². The fourth-order valence-corrected chi connectivity index (χ4v) is 0.944. The minimum absolute atomic E-state index is 1.22. The standard InChI is InChI=1S/C8H6N/c1-2-4-8-6-9-5-7(8)3-1/h1-6H/q-1. The van der Waals surface area contributed by atoms with Gasteiger partial charge in [0.05, 0.1) is 0 Å². The zero-order valence-electron chi connectivity index (χ0n) is 4.91. The van der Waals surface area contributed by atoms with E-state index < -0.39 is 0 Å². The molecule has 0 amide bonds. The van der Waals surface area contributed by atoms with Crippen LogP contribution in [0.2, 0.25) is 0 Å². The number of benzene rings is 1. The Hall–Kier alpha value is -1.24. The predicted octanol–water partition coefficient (Wildman–Crippen LogP) is 1.80. The van der Waals surface area contributed by atoms with E-state index in [4.69, 9.17) is 0 Å². The highest BCUT2D eigenvalue weighted by Gasteiger charge is 1.80. The van der Waals surface area contributed by atoms with Crippen LogP contribution in [0.4, 0.5) is 0 Å². The number of fused-ring (bicyclic) bond motifs is 1. The molecule has 1 aromatic heterocycles. The molecule has 0 aliphatic heterocycles. The van der Waals surface area contributed by atoms with Crippen molar-refractivity contribution in [3.05, 3.63) is 36.7 Å². The Balaban J connectivity index is 2.95. The van der Waals surface area contributed by atoms with Crippen molar-refractivity contribution in [1.82, 2.24) is 4.98 Å². The molecular weight excluding hydrogens is 110 g/mol. The first-order valence-corrected chi connectivity index (χ1v) is 2.92. The zero-order valence-corrected chi connectivity index (χ0v) is 4.91. The first kappa shape index (κ1) is 4.62. The quantitative estimate of drug-likeness (QED) is 0.512. The normalized spacial score (nSPS) is 10.2. The maximum Gasteiger partial charge on any atom is -0.0421 e. The smallest absolute Gasteiger partial charge is 0.0421 e. The average molecular weight is 116 g/mol. The SMILES string of the molecule is c1ccc2c[n-]cc2c1. The monoisotopic (exact) mass is 116 g/mol. The second-order valence-electron chi connectivity index (χ2n) is 2.04. The van der Waals surface area contributed by atoms with E-state index in [9.17, 15) is 0 Å². The molecule has 0 bridgehead atoms. The molecule has 0 saturated carbocycles. The molecule has 0 radical (unpaired) electrons. The Bertz CT molecular complexity index is 279. The van der Waals surface area contributed by atoms with Crippen molar-refractivity contribution in [3.8, 4) is 0 Å². The van der Waals surface area contributed by atoms with E-state index in [1.165, 1.54) is 10.8 Å². The van der Waals surface area contributed by atoms with Crippen LogP contribution in [-0.2, 0) is 0 Å². The molecular formula is C8H6N-. The largest absolute Gasteiger partial charge is 0.669 e. The minimum atomic E-state index is 1.22. The average Bonchev–Trinajstić information content (AvgIpc) is 2.33. The van der Waals surface area contributed by atoms with Crippen LogP contribution in [0, 0.1) is 0 Å². The number of hydrogen-bond acceptors (Lipinski definition) is 0. The highest BCUT2D eigenvalue weighted by Crippen LogP contribution is 2.09. The van der Waals surface area contributed by atoms with Crippen LogP contribution >= 0.6 is 0 Å². The van der Waals surface area contributed by atoms with E-state index in [0.29, 0.717) is 0 Å². The van der Waals surface area contributed by atoms with Gasteiger partial charge in [-0.25, -0.2) is 0 Å². The molecule has 1 nitrogen and oxygen atoms in total. The summed E-state index contributed by atoms with van der Waals surface area (Å²) in [5.74, 6) is 0. The molecule has 0 N–H and O–H groups in total. The van der Waals surface area contributed by atoms with E-state index in [2.05, 4.69) is 17.1 Å². The minimum Gasteiger partial charge on any atom is -0.669 e. The van der Waals surface area contributed by atoms with Crippen LogP contribution in [0.1, 0.15) is 0 Å². The Morgan fingerprint density at radius 1 is 0.889 bits per heavy atom. The molecule has 2 aromatic rings. The molecule has 44 valence electrons. The highest BCUT2D eigenvalue weighted by molar-refractivity contribution is 5.81. The molecule has 0 atom stereocenters. The fraction of sp³-hybridized carbons (Fsp3) is 0. The van der Waals surface area contributed by atoms with Gasteiger partial charge in [0.15, 0.2) is 0 Å². The molecule has 0 aliphatic carbocycles. The Kier molecular flexibility index (Phi) is 0.833. The fourth-order valence-electron chi connectivity index (χ4n) is 0.944. The first-order valence-electron chi connectivity index (χ1n) is 2.92. The van der Waals surface area contributed by atoms with Gasteiger partial charge in [-0.1, -0.05) is 24.3 Å². The lowest BCUT2D eigenvalue weighted by atomic mass is 10.2. The number of aromatic nitrogens is 1. The summed E-state index contributed by atoms with van der Waals surface area (Å²) in [6.45, 7) is 0. The summed E-state index contributed by atoms with van der Waals surface area (Å²) >= 11 is 0. The lowest BCUT2D eigenvalue weighted by molar-refractivity contribution is 1.38. The van der Waals surface area contributed by atoms with Gasteiger partial charge in [-0.3, -0.25) is 0 Å². The van der Waals surface area contributed by atoms with E-state index >= 15 is 0 Å². The van der Waals surface area contributed by atoms with Gasteiger partial charge >= 0.3 is 0 Å². The van der Waals surface area contributed by atoms with Crippen LogP contribution in [0.25, 0.3) is 10.8 Å². The molecule has 2 rings (SSSR count). The van der Waals surface area contributed by atoms with Crippen LogP contribution < -0.4 is 4.98 Å². The Labute approximate surface area is 53.3 Å². The molecule has 0 fully saturated rings. The van der Waals surface area contributed by atoms with E-state index in [1.54, 1.807) is 0 Å². The molecule has 1 heteroatoms. The van der Waals surface area contributed by atoms with Crippen LogP contribution in [0.15, 0.2) is 36.7 Å². The third kappa shape index (κ3) is 0.617. The molecule has 0 unspecified atom stereocenters. The Morgan fingerprint density at radius 2 is 1.44 bits per heavy atom. The molecule has 0 aliphatic rings. The van der Waals surface area contributed by atoms with Crippen LogP contribution in [0.3, 0.4) is 0 Å². The van der Waals surface area contributed by atoms with Crippen molar-refractivity contribution in [1.29, 1.82) is 0 Å². The van der Waals surface area contributed by atoms with Crippen LogP contribution in [0.5, 0.6) is 0 Å². The van der Waals surface area contributed by atoms with Crippen molar-refractivity contribution in [2.75, 3.05) is 0 Å². The van der Waals surface area contributed by atoms with Crippen molar-refractivity contribution in [3.63, 3.8) is 0 Å². The van der Waals surface area contributed by atoms with Crippen LogP contribution in [-0.4, -0.2) is 0 Å². The molecule has 0 spiro atoms. The van der Waals surface area contributed by atoms with Gasteiger partial charge in [0, 0.05) is 0 Å². The second kappa shape index (κ2) is 1.62. The summed E-state index contributed by atoms with van der Waals surface area (Å²) in [6.07, 6.45) is 3.74. The highest BCUT2D eigenvalue weighted by atomic mass is 14.6. The van der Waals surface area contributed by atoms with Gasteiger partial charge in [-0.15, -0.1) is 0 Å². The summed E-state index contributed by atoms with van der Waals surface area (Å²) in [6, 6.07) is 8.15. The lowest BCUT2D eigenvalue weighted by Gasteiger charge is -1.85. The molecule has 1 heterocycles.